The van der Waals surface area contributed by atoms with Crippen LogP contribution in [0.4, 0.5) is 10.5 Å². The van der Waals surface area contributed by atoms with E-state index in [4.69, 9.17) is 4.74 Å². The minimum absolute atomic E-state index is 0.124. The minimum atomic E-state index is -0.703. The summed E-state index contributed by atoms with van der Waals surface area (Å²) < 4.78 is 5.71. The summed E-state index contributed by atoms with van der Waals surface area (Å²) in [4.78, 5) is 27.3. The monoisotopic (exact) mass is 444 g/mol. The maximum Gasteiger partial charge on any atom is 0.329 e. The molecule has 0 saturated carbocycles. The second kappa shape index (κ2) is 10.4. The number of imide groups is 1. The van der Waals surface area contributed by atoms with Crippen LogP contribution in [0.15, 0.2) is 41.8 Å². The van der Waals surface area contributed by atoms with Gasteiger partial charge in [-0.05, 0) is 35.6 Å². The lowest BCUT2D eigenvalue weighted by molar-refractivity contribution is -0.121. The van der Waals surface area contributed by atoms with Crippen molar-refractivity contribution in [2.45, 2.75) is 70.6 Å². The van der Waals surface area contributed by atoms with Gasteiger partial charge in [-0.3, -0.25) is 15.0 Å². The van der Waals surface area contributed by atoms with Crippen LogP contribution in [0.5, 0.6) is 0 Å². The molecule has 2 N–H and O–H groups in total. The second-order valence-electron chi connectivity index (χ2n) is 8.55. The topological polar surface area (TPSA) is 78.9 Å². The Labute approximate surface area is 188 Å². The molecule has 0 spiro atoms. The van der Waals surface area contributed by atoms with Gasteiger partial charge in [0.25, 0.3) is 5.91 Å². The number of carbonyl (C=O) groups is 2. The van der Waals surface area contributed by atoms with Crippen LogP contribution in [-0.4, -0.2) is 35.8 Å². The van der Waals surface area contributed by atoms with Gasteiger partial charge in [-0.15, -0.1) is 11.3 Å². The number of nitrogens with one attached hydrogen (secondary N) is 1. The third-order valence-electron chi connectivity index (χ3n) is 5.97. The number of amides is 3. The van der Waals surface area contributed by atoms with Gasteiger partial charge >= 0.3 is 6.03 Å². The Morgan fingerprint density at radius 2 is 1.94 bits per heavy atom. The van der Waals surface area contributed by atoms with Crippen molar-refractivity contribution in [3.8, 4) is 0 Å². The molecule has 168 valence electrons. The van der Waals surface area contributed by atoms with Crippen LogP contribution in [0.1, 0.15) is 56.9 Å². The van der Waals surface area contributed by atoms with Crippen LogP contribution >= 0.6 is 11.3 Å². The molecule has 0 bridgehead atoms. The van der Waals surface area contributed by atoms with E-state index in [1.54, 1.807) is 11.3 Å². The lowest BCUT2D eigenvalue weighted by Gasteiger charge is -2.32. The summed E-state index contributed by atoms with van der Waals surface area (Å²) in [5, 5.41) is 15.1. The van der Waals surface area contributed by atoms with Crippen LogP contribution < -0.4 is 10.2 Å². The summed E-state index contributed by atoms with van der Waals surface area (Å²) in [7, 11) is 0. The number of hydrogen-bond acceptors (Lipinski definition) is 5. The highest BCUT2D eigenvalue weighted by Crippen LogP contribution is 2.32. The quantitative estimate of drug-likeness (QED) is 0.392. The number of aliphatic hydroxyl groups is 1. The molecule has 0 radical (unpaired) electrons. The predicted molar refractivity (Wildman–Crippen MR) is 123 cm³/mol. The number of aliphatic hydroxyl groups excluding tert-OH is 1. The summed E-state index contributed by atoms with van der Waals surface area (Å²) in [6.45, 7) is 6.75. The number of nitrogens with zero attached hydrogens (tertiary/aromatic N) is 1. The molecule has 2 heterocycles. The number of carbonyl (C=O) groups excluding carboxylic acids is 2. The van der Waals surface area contributed by atoms with Crippen molar-refractivity contribution in [3.63, 3.8) is 0 Å². The van der Waals surface area contributed by atoms with Gasteiger partial charge in [0.2, 0.25) is 0 Å². The summed E-state index contributed by atoms with van der Waals surface area (Å²) >= 11 is 1.59. The first-order valence-electron chi connectivity index (χ1n) is 10.9. The van der Waals surface area contributed by atoms with E-state index in [9.17, 15) is 14.7 Å². The molecule has 1 aliphatic rings. The number of rotatable bonds is 11. The van der Waals surface area contributed by atoms with E-state index in [1.165, 1.54) is 4.90 Å². The van der Waals surface area contributed by atoms with Gasteiger partial charge in [0.1, 0.15) is 6.04 Å². The van der Waals surface area contributed by atoms with Crippen LogP contribution in [0.25, 0.3) is 0 Å². The summed E-state index contributed by atoms with van der Waals surface area (Å²) in [6, 6.07) is 10.3. The van der Waals surface area contributed by atoms with Crippen LogP contribution in [0.3, 0.4) is 0 Å². The molecule has 7 heteroatoms. The normalized spacial score (nSPS) is 17.8. The first-order chi connectivity index (χ1) is 14.8. The van der Waals surface area contributed by atoms with Gasteiger partial charge in [-0.25, -0.2) is 4.79 Å². The molecule has 2 aromatic rings. The number of anilines is 1. The Hall–Kier alpha value is -2.22. The third kappa shape index (κ3) is 5.53. The van der Waals surface area contributed by atoms with Crippen molar-refractivity contribution in [3.05, 3.63) is 52.2 Å². The zero-order chi connectivity index (χ0) is 22.4. The van der Waals surface area contributed by atoms with Gasteiger partial charge in [-0.2, -0.15) is 0 Å². The van der Waals surface area contributed by atoms with Crippen molar-refractivity contribution >= 4 is 29.0 Å². The molecular weight excluding hydrogens is 412 g/mol. The molecule has 1 saturated heterocycles. The van der Waals surface area contributed by atoms with E-state index in [2.05, 4.69) is 12.2 Å². The van der Waals surface area contributed by atoms with Gasteiger partial charge in [0.15, 0.2) is 0 Å². The van der Waals surface area contributed by atoms with Crippen molar-refractivity contribution in [1.82, 2.24) is 5.32 Å². The van der Waals surface area contributed by atoms with E-state index in [1.807, 2.05) is 55.6 Å². The molecule has 1 aliphatic heterocycles. The number of unbranched alkanes of at least 4 members (excludes halogenated alkanes) is 2. The Balaban J connectivity index is 1.68. The van der Waals surface area contributed by atoms with Gasteiger partial charge < -0.3 is 9.84 Å². The molecule has 2 atom stereocenters. The van der Waals surface area contributed by atoms with Crippen molar-refractivity contribution in [2.75, 3.05) is 11.5 Å². The number of ether oxygens (including phenoxy) is 1. The Kier molecular flexibility index (Phi) is 7.86. The zero-order valence-corrected chi connectivity index (χ0v) is 19.3. The maximum atomic E-state index is 12.4. The van der Waals surface area contributed by atoms with Crippen molar-refractivity contribution in [2.24, 2.45) is 0 Å². The molecular formula is C24H32N2O4S. The van der Waals surface area contributed by atoms with E-state index in [-0.39, 0.29) is 12.5 Å². The Morgan fingerprint density at radius 3 is 2.58 bits per heavy atom. The van der Waals surface area contributed by atoms with Gasteiger partial charge in [0.05, 0.1) is 19.3 Å². The number of benzene rings is 1. The average Bonchev–Trinajstić information content (AvgIpc) is 3.36. The fourth-order valence-corrected chi connectivity index (χ4v) is 4.45. The fraction of sp³-hybridized carbons (Fsp3) is 0.500. The van der Waals surface area contributed by atoms with E-state index < -0.39 is 23.6 Å². The van der Waals surface area contributed by atoms with Crippen LogP contribution in [0.2, 0.25) is 0 Å². The van der Waals surface area contributed by atoms with Gasteiger partial charge in [0, 0.05) is 16.0 Å². The van der Waals surface area contributed by atoms with E-state index >= 15 is 0 Å². The first kappa shape index (κ1) is 23.4. The minimum Gasteiger partial charge on any atom is -0.392 e. The number of urea groups is 1. The first-order valence-corrected chi connectivity index (χ1v) is 11.7. The van der Waals surface area contributed by atoms with Gasteiger partial charge in [-0.1, -0.05) is 58.2 Å². The van der Waals surface area contributed by atoms with Crippen LogP contribution in [0, 0.1) is 0 Å². The van der Waals surface area contributed by atoms with E-state index in [0.29, 0.717) is 12.3 Å². The zero-order valence-electron chi connectivity index (χ0n) is 18.5. The third-order valence-corrected chi connectivity index (χ3v) is 6.82. The predicted octanol–water partition coefficient (Wildman–Crippen LogP) is 4.61. The Bertz CT molecular complexity index is 864. The molecule has 0 aliphatic carbocycles. The lowest BCUT2D eigenvalue weighted by atomic mass is 9.77. The number of thiophene rings is 1. The highest BCUT2D eigenvalue weighted by atomic mass is 32.1. The van der Waals surface area contributed by atoms with Crippen molar-refractivity contribution in [1.29, 1.82) is 0 Å². The molecule has 3 amide bonds. The highest BCUT2D eigenvalue weighted by Gasteiger charge is 2.40. The summed E-state index contributed by atoms with van der Waals surface area (Å²) in [5.41, 5.74) is 1.23. The molecule has 1 aromatic carbocycles. The van der Waals surface area contributed by atoms with Crippen molar-refractivity contribution < 1.29 is 19.4 Å². The molecule has 3 rings (SSSR count). The van der Waals surface area contributed by atoms with E-state index in [0.717, 1.165) is 36.1 Å². The van der Waals surface area contributed by atoms with Crippen LogP contribution in [-0.2, 0) is 21.6 Å². The largest absolute Gasteiger partial charge is 0.392 e. The average molecular weight is 445 g/mol. The lowest BCUT2D eigenvalue weighted by Crippen LogP contribution is -2.39. The summed E-state index contributed by atoms with van der Waals surface area (Å²) in [6.07, 6.45) is 3.55. The maximum absolute atomic E-state index is 12.4. The smallest absolute Gasteiger partial charge is 0.329 e. The molecule has 2 unspecified atom stereocenters. The molecule has 31 heavy (non-hydrogen) atoms. The fourth-order valence-electron chi connectivity index (χ4n) is 3.81. The molecule has 1 aromatic heterocycles. The standard InChI is InChI=1S/C24H32N2O4S/c1-4-5-6-9-21(27)24(2,3)17-10-12-18(13-11-17)26-20(22(28)25-23(26)29)16-30-15-19-8-7-14-31-19/h7-8,10-14,20-21,27H,4-6,9,15-16H2,1-3H3,(H,25,28,29). The molecule has 1 fully saturated rings. The highest BCUT2D eigenvalue weighted by molar-refractivity contribution is 7.09. The SMILES string of the molecule is CCCCCC(O)C(C)(C)c1ccc(N2C(=O)NC(=O)C2COCc2cccs2)cc1. The summed E-state index contributed by atoms with van der Waals surface area (Å²) in [5.74, 6) is -0.355. The Morgan fingerprint density at radius 1 is 1.19 bits per heavy atom. The molecule has 6 nitrogen and oxygen atoms in total. The second-order valence-corrected chi connectivity index (χ2v) is 9.59. The number of hydrogen-bond donors (Lipinski definition) is 2.